The van der Waals surface area contributed by atoms with E-state index in [9.17, 15) is 0 Å². The molecule has 1 N–H and O–H groups in total. The van der Waals surface area contributed by atoms with Crippen LogP contribution in [0.15, 0.2) is 0 Å². The topological polar surface area (TPSA) is 42.7 Å². The highest BCUT2D eigenvalue weighted by Gasteiger charge is 2.07. The summed E-state index contributed by atoms with van der Waals surface area (Å²) < 4.78 is 2.13. The highest BCUT2D eigenvalue weighted by atomic mass is 15.3. The molecule has 4 heteroatoms. The molecular formula is C9H18N4. The van der Waals surface area contributed by atoms with Crippen LogP contribution >= 0.6 is 0 Å². The molecule has 0 aliphatic rings. The predicted octanol–water partition coefficient (Wildman–Crippen LogP) is 1.68. The van der Waals surface area contributed by atoms with Gasteiger partial charge in [0.1, 0.15) is 5.82 Å². The van der Waals surface area contributed by atoms with E-state index in [0.29, 0.717) is 0 Å². The van der Waals surface area contributed by atoms with Gasteiger partial charge in [0.25, 0.3) is 0 Å². The van der Waals surface area contributed by atoms with E-state index in [-0.39, 0.29) is 0 Å². The number of nitrogens with zero attached hydrogens (tertiary/aromatic N) is 3. The Morgan fingerprint density at radius 2 is 2.00 bits per heavy atom. The van der Waals surface area contributed by atoms with Crippen molar-refractivity contribution in [3.8, 4) is 0 Å². The van der Waals surface area contributed by atoms with Gasteiger partial charge >= 0.3 is 0 Å². The summed E-state index contributed by atoms with van der Waals surface area (Å²) >= 11 is 0. The van der Waals surface area contributed by atoms with E-state index >= 15 is 0 Å². The summed E-state index contributed by atoms with van der Waals surface area (Å²) in [6, 6.07) is 0. The molecule has 0 aliphatic carbocycles. The van der Waals surface area contributed by atoms with Crippen LogP contribution in [0.4, 0.5) is 5.95 Å². The summed E-state index contributed by atoms with van der Waals surface area (Å²) in [6.45, 7) is 8.16. The summed E-state index contributed by atoms with van der Waals surface area (Å²) in [4.78, 5) is 0. The zero-order valence-corrected chi connectivity index (χ0v) is 8.67. The Bertz CT molecular complexity index is 231. The summed E-state index contributed by atoms with van der Waals surface area (Å²) in [7, 11) is 0. The second-order valence-corrected chi connectivity index (χ2v) is 2.96. The van der Waals surface area contributed by atoms with Crippen LogP contribution in [0, 0.1) is 0 Å². The first-order valence-electron chi connectivity index (χ1n) is 4.99. The van der Waals surface area contributed by atoms with Crippen LogP contribution in [0.2, 0.25) is 0 Å². The van der Waals surface area contributed by atoms with Gasteiger partial charge in [-0.25, -0.2) is 0 Å². The molecule has 0 aromatic carbocycles. The SMILES string of the molecule is CCCc1nnc(NCC)n1CC. The molecule has 0 saturated carbocycles. The number of hydrogen-bond donors (Lipinski definition) is 1. The zero-order chi connectivity index (χ0) is 9.68. The van der Waals surface area contributed by atoms with Crippen LogP contribution < -0.4 is 5.32 Å². The summed E-state index contributed by atoms with van der Waals surface area (Å²) in [5.74, 6) is 1.98. The van der Waals surface area contributed by atoms with Gasteiger partial charge in [-0.15, -0.1) is 10.2 Å². The minimum absolute atomic E-state index is 0.893. The van der Waals surface area contributed by atoms with E-state index in [1.54, 1.807) is 0 Å². The molecule has 0 spiro atoms. The Balaban J connectivity index is 2.82. The van der Waals surface area contributed by atoms with Crippen molar-refractivity contribution in [2.45, 2.75) is 40.2 Å². The van der Waals surface area contributed by atoms with Gasteiger partial charge in [0, 0.05) is 19.5 Å². The summed E-state index contributed by atoms with van der Waals surface area (Å²) in [6.07, 6.45) is 2.12. The number of nitrogens with one attached hydrogen (secondary N) is 1. The van der Waals surface area contributed by atoms with E-state index in [0.717, 1.165) is 37.7 Å². The number of hydrogen-bond acceptors (Lipinski definition) is 3. The van der Waals surface area contributed by atoms with Gasteiger partial charge < -0.3 is 5.32 Å². The Kier molecular flexibility index (Phi) is 3.73. The third-order valence-electron chi connectivity index (χ3n) is 1.95. The molecule has 0 atom stereocenters. The molecule has 0 saturated heterocycles. The van der Waals surface area contributed by atoms with E-state index in [4.69, 9.17) is 0 Å². The van der Waals surface area contributed by atoms with Crippen LogP contribution in [0.1, 0.15) is 33.0 Å². The molecule has 4 nitrogen and oxygen atoms in total. The Morgan fingerprint density at radius 1 is 1.23 bits per heavy atom. The van der Waals surface area contributed by atoms with E-state index in [1.165, 1.54) is 0 Å². The maximum atomic E-state index is 4.15. The van der Waals surface area contributed by atoms with Crippen LogP contribution in [0.3, 0.4) is 0 Å². The second-order valence-electron chi connectivity index (χ2n) is 2.96. The molecule has 0 unspecified atom stereocenters. The lowest BCUT2D eigenvalue weighted by atomic mass is 10.3. The lowest BCUT2D eigenvalue weighted by Crippen LogP contribution is -2.08. The van der Waals surface area contributed by atoms with Crippen LogP contribution in [0.25, 0.3) is 0 Å². The van der Waals surface area contributed by atoms with E-state index < -0.39 is 0 Å². The number of aryl methyl sites for hydroxylation is 1. The first-order chi connectivity index (χ1) is 6.33. The van der Waals surface area contributed by atoms with Gasteiger partial charge in [0.05, 0.1) is 0 Å². The molecule has 1 rings (SSSR count). The smallest absolute Gasteiger partial charge is 0.224 e. The van der Waals surface area contributed by atoms with Gasteiger partial charge in [-0.1, -0.05) is 6.92 Å². The van der Waals surface area contributed by atoms with Gasteiger partial charge in [-0.05, 0) is 20.3 Å². The average molecular weight is 182 g/mol. The van der Waals surface area contributed by atoms with Crippen LogP contribution in [0.5, 0.6) is 0 Å². The van der Waals surface area contributed by atoms with Crippen molar-refractivity contribution in [3.05, 3.63) is 5.82 Å². The van der Waals surface area contributed by atoms with Gasteiger partial charge in [0.2, 0.25) is 5.95 Å². The maximum Gasteiger partial charge on any atom is 0.224 e. The lowest BCUT2D eigenvalue weighted by Gasteiger charge is -2.06. The zero-order valence-electron chi connectivity index (χ0n) is 8.67. The van der Waals surface area contributed by atoms with Gasteiger partial charge in [-0.3, -0.25) is 4.57 Å². The van der Waals surface area contributed by atoms with Crippen molar-refractivity contribution in [3.63, 3.8) is 0 Å². The van der Waals surface area contributed by atoms with Crippen molar-refractivity contribution >= 4 is 5.95 Å². The minimum Gasteiger partial charge on any atom is -0.355 e. The molecule has 0 bridgehead atoms. The van der Waals surface area contributed by atoms with Gasteiger partial charge in [0.15, 0.2) is 0 Å². The lowest BCUT2D eigenvalue weighted by molar-refractivity contribution is 0.687. The first kappa shape index (κ1) is 10.0. The molecule has 74 valence electrons. The molecule has 13 heavy (non-hydrogen) atoms. The fraction of sp³-hybridized carbons (Fsp3) is 0.778. The summed E-state index contributed by atoms with van der Waals surface area (Å²) in [5.41, 5.74) is 0. The molecule has 0 amide bonds. The van der Waals surface area contributed by atoms with Crippen molar-refractivity contribution in [2.24, 2.45) is 0 Å². The molecular weight excluding hydrogens is 164 g/mol. The number of aromatic nitrogens is 3. The van der Waals surface area contributed by atoms with Crippen LogP contribution in [-0.2, 0) is 13.0 Å². The Labute approximate surface area is 79.4 Å². The van der Waals surface area contributed by atoms with Crippen molar-refractivity contribution < 1.29 is 0 Å². The van der Waals surface area contributed by atoms with Crippen molar-refractivity contribution in [1.82, 2.24) is 14.8 Å². The second kappa shape index (κ2) is 4.84. The highest BCUT2D eigenvalue weighted by molar-refractivity contribution is 5.25. The molecule has 1 aromatic heterocycles. The highest BCUT2D eigenvalue weighted by Crippen LogP contribution is 2.08. The fourth-order valence-electron chi connectivity index (χ4n) is 1.37. The maximum absolute atomic E-state index is 4.15. The largest absolute Gasteiger partial charge is 0.355 e. The van der Waals surface area contributed by atoms with Crippen molar-refractivity contribution in [1.29, 1.82) is 0 Å². The molecule has 1 aromatic rings. The monoisotopic (exact) mass is 182 g/mol. The molecule has 0 radical (unpaired) electrons. The fourth-order valence-corrected chi connectivity index (χ4v) is 1.37. The Morgan fingerprint density at radius 3 is 2.54 bits per heavy atom. The normalized spacial score (nSPS) is 10.4. The van der Waals surface area contributed by atoms with Gasteiger partial charge in [-0.2, -0.15) is 0 Å². The number of rotatable bonds is 5. The van der Waals surface area contributed by atoms with E-state index in [1.807, 2.05) is 0 Å². The van der Waals surface area contributed by atoms with Crippen molar-refractivity contribution in [2.75, 3.05) is 11.9 Å². The third kappa shape index (κ3) is 2.20. The average Bonchev–Trinajstić information content (AvgIpc) is 2.49. The minimum atomic E-state index is 0.893. The third-order valence-corrected chi connectivity index (χ3v) is 1.95. The first-order valence-corrected chi connectivity index (χ1v) is 4.99. The quantitative estimate of drug-likeness (QED) is 0.753. The van der Waals surface area contributed by atoms with E-state index in [2.05, 4.69) is 40.9 Å². The Hall–Kier alpha value is -1.06. The summed E-state index contributed by atoms with van der Waals surface area (Å²) in [5, 5.41) is 11.4. The molecule has 0 fully saturated rings. The van der Waals surface area contributed by atoms with Crippen LogP contribution in [-0.4, -0.2) is 21.3 Å². The molecule has 1 heterocycles. The molecule has 0 aliphatic heterocycles. The standard InChI is InChI=1S/C9H18N4/c1-4-7-8-11-12-9(10-5-2)13(8)6-3/h4-7H2,1-3H3,(H,10,12). The number of anilines is 1. The predicted molar refractivity (Wildman–Crippen MR) is 53.9 cm³/mol.